The lowest BCUT2D eigenvalue weighted by molar-refractivity contribution is 0.332. The monoisotopic (exact) mass is 1010 g/mol. The summed E-state index contributed by atoms with van der Waals surface area (Å²) in [6, 6.07) is 41.9. The molecule has 10 aromatic rings. The summed E-state index contributed by atoms with van der Waals surface area (Å²) in [4.78, 5) is 2.75. The Balaban J connectivity index is 1.18. The first-order chi connectivity index (χ1) is 35.7. The molecule has 0 saturated carbocycles. The van der Waals surface area contributed by atoms with E-state index in [4.69, 9.17) is 4.42 Å². The average molecular weight is 1010 g/mol. The Hall–Kier alpha value is -6.04. The molecule has 0 unspecified atom stereocenters. The molecule has 3 aromatic heterocycles. The van der Waals surface area contributed by atoms with Gasteiger partial charge in [-0.2, -0.15) is 0 Å². The molecule has 15 rings (SSSR count). The molecule has 5 aliphatic rings. The quantitative estimate of drug-likeness (QED) is 0.153. The van der Waals surface area contributed by atoms with Gasteiger partial charge >= 0.3 is 6.85 Å². The number of fused-ring (bicyclic) bond motifs is 20. The number of anilines is 2. The molecule has 3 aliphatic carbocycles. The van der Waals surface area contributed by atoms with Gasteiger partial charge in [-0.25, -0.2) is 0 Å². The Labute approximate surface area is 454 Å². The molecule has 7 aromatic carbocycles. The van der Waals surface area contributed by atoms with Crippen LogP contribution in [0.1, 0.15) is 181 Å². The van der Waals surface area contributed by atoms with Crippen LogP contribution in [0.25, 0.3) is 81.8 Å². The lowest BCUT2D eigenvalue weighted by Crippen LogP contribution is -2.59. The van der Waals surface area contributed by atoms with E-state index in [0.29, 0.717) is 0 Å². The molecule has 382 valence electrons. The zero-order chi connectivity index (χ0) is 53.1. The zero-order valence-corrected chi connectivity index (χ0v) is 48.7. The Kier molecular flexibility index (Phi) is 8.92. The van der Waals surface area contributed by atoms with Crippen molar-refractivity contribution in [3.05, 3.63) is 148 Å². The van der Waals surface area contributed by atoms with Crippen molar-refractivity contribution >= 4 is 93.6 Å². The van der Waals surface area contributed by atoms with Crippen molar-refractivity contribution in [3.63, 3.8) is 0 Å². The van der Waals surface area contributed by atoms with Gasteiger partial charge in [-0.05, 0) is 179 Å². The van der Waals surface area contributed by atoms with E-state index in [2.05, 4.69) is 223 Å². The minimum atomic E-state index is -0.277. The fraction of sp³-hybridized carbons (Fsp3) is 0.380. The van der Waals surface area contributed by atoms with Crippen molar-refractivity contribution in [2.45, 2.75) is 174 Å². The Morgan fingerprint density at radius 3 is 1.74 bits per heavy atom. The minimum Gasteiger partial charge on any atom is -0.456 e. The van der Waals surface area contributed by atoms with Gasteiger partial charge in [0.05, 0.1) is 16.7 Å². The predicted octanol–water partition coefficient (Wildman–Crippen LogP) is 18.7. The number of furan rings is 1. The van der Waals surface area contributed by atoms with Crippen molar-refractivity contribution in [3.8, 4) is 27.9 Å². The second-order valence-corrected chi connectivity index (χ2v) is 30.5. The first-order valence-corrected chi connectivity index (χ1v) is 29.4. The standard InChI is InChI=1S/C71H73BN2OS/c1-65(2,3)38-21-24-40(25-22-38)74-53-37-55-42(43-33-48-51(36-54(43)75-55)70(13,14)30-28-67(48,7)8)32-44(53)58-57-41-19-17-18-20-47(41)71(15,16)60(57)59-45-34-49-50(69(11,12)29-27-68(49,9)10)35-52(45)73-62-46-31-39(66(4,5)6)23-26-56(46)76-64(62)72(74)61(58)63(59)73/h17-26,31-37H,27-30H2,1-16H3. The van der Waals surface area contributed by atoms with Crippen molar-refractivity contribution in [1.29, 1.82) is 0 Å². The van der Waals surface area contributed by atoms with Crippen LogP contribution in [-0.2, 0) is 37.9 Å². The lowest BCUT2D eigenvalue weighted by atomic mass is 9.46. The van der Waals surface area contributed by atoms with Crippen molar-refractivity contribution in [2.75, 3.05) is 4.81 Å². The molecule has 0 N–H and O–H groups in total. The Morgan fingerprint density at radius 1 is 0.526 bits per heavy atom. The molecule has 0 radical (unpaired) electrons. The molecular weight excluding hydrogens is 940 g/mol. The summed E-state index contributed by atoms with van der Waals surface area (Å²) in [5.41, 5.74) is 26.8. The summed E-state index contributed by atoms with van der Waals surface area (Å²) >= 11 is 2.02. The number of rotatable bonds is 1. The van der Waals surface area contributed by atoms with Gasteiger partial charge in [0.2, 0.25) is 0 Å². The van der Waals surface area contributed by atoms with E-state index in [1.165, 1.54) is 156 Å². The van der Waals surface area contributed by atoms with Crippen LogP contribution in [0.5, 0.6) is 0 Å². The van der Waals surface area contributed by atoms with Gasteiger partial charge in [0, 0.05) is 64.8 Å². The van der Waals surface area contributed by atoms with E-state index < -0.39 is 0 Å². The van der Waals surface area contributed by atoms with Crippen LogP contribution in [0, 0.1) is 0 Å². The first kappa shape index (κ1) is 47.2. The minimum absolute atomic E-state index is 0.0120. The number of hydrogen-bond donors (Lipinski definition) is 0. The molecular formula is C71H73BN2OS. The first-order valence-electron chi connectivity index (χ1n) is 28.5. The van der Waals surface area contributed by atoms with Gasteiger partial charge in [-0.15, -0.1) is 11.3 Å². The van der Waals surface area contributed by atoms with Crippen molar-refractivity contribution < 1.29 is 4.42 Å². The van der Waals surface area contributed by atoms with Gasteiger partial charge in [0.15, 0.2) is 0 Å². The number of nitrogens with zero attached hydrogens (tertiary/aromatic N) is 2. The van der Waals surface area contributed by atoms with Gasteiger partial charge in [-0.3, -0.25) is 0 Å². The molecule has 0 amide bonds. The summed E-state index contributed by atoms with van der Waals surface area (Å²) in [6.07, 6.45) is 4.68. The third kappa shape index (κ3) is 5.97. The molecule has 2 aliphatic heterocycles. The van der Waals surface area contributed by atoms with Crippen molar-refractivity contribution in [1.82, 2.24) is 4.57 Å². The van der Waals surface area contributed by atoms with Crippen LogP contribution in [-0.4, -0.2) is 11.4 Å². The van der Waals surface area contributed by atoms with Gasteiger partial charge in [-0.1, -0.05) is 153 Å². The summed E-state index contributed by atoms with van der Waals surface area (Å²) in [5, 5.41) is 6.62. The van der Waals surface area contributed by atoms with Crippen LogP contribution in [0.2, 0.25) is 0 Å². The van der Waals surface area contributed by atoms with Crippen LogP contribution >= 0.6 is 11.3 Å². The maximum atomic E-state index is 7.27. The summed E-state index contributed by atoms with van der Waals surface area (Å²) in [6.45, 7) is 38.8. The number of benzene rings is 7. The van der Waals surface area contributed by atoms with Gasteiger partial charge in [0.1, 0.15) is 11.2 Å². The van der Waals surface area contributed by atoms with E-state index in [0.717, 1.165) is 17.6 Å². The molecule has 0 atom stereocenters. The second-order valence-electron chi connectivity index (χ2n) is 29.4. The third-order valence-corrected chi connectivity index (χ3v) is 21.6. The summed E-state index contributed by atoms with van der Waals surface area (Å²) in [7, 11) is 0. The van der Waals surface area contributed by atoms with Crippen LogP contribution in [0.4, 0.5) is 11.4 Å². The molecule has 0 fully saturated rings. The maximum absolute atomic E-state index is 7.27. The molecule has 5 heterocycles. The highest BCUT2D eigenvalue weighted by atomic mass is 32.1. The maximum Gasteiger partial charge on any atom is 0.343 e. The third-order valence-electron chi connectivity index (χ3n) is 20.4. The molecule has 3 nitrogen and oxygen atoms in total. The number of aromatic nitrogens is 1. The van der Waals surface area contributed by atoms with E-state index >= 15 is 0 Å². The van der Waals surface area contributed by atoms with Gasteiger partial charge < -0.3 is 13.8 Å². The van der Waals surface area contributed by atoms with E-state index in [1.54, 1.807) is 0 Å². The summed E-state index contributed by atoms with van der Waals surface area (Å²) < 4.78 is 12.8. The second kappa shape index (κ2) is 14.4. The number of hydrogen-bond acceptors (Lipinski definition) is 3. The zero-order valence-electron chi connectivity index (χ0n) is 47.9. The Morgan fingerprint density at radius 2 is 1.09 bits per heavy atom. The largest absolute Gasteiger partial charge is 0.456 e. The normalized spacial score (nSPS) is 19.1. The summed E-state index contributed by atoms with van der Waals surface area (Å²) in [5.74, 6) is 0. The Bertz CT molecular complexity index is 4280. The van der Waals surface area contributed by atoms with E-state index in [9.17, 15) is 0 Å². The number of thiophene rings is 1. The molecule has 76 heavy (non-hydrogen) atoms. The molecule has 0 bridgehead atoms. The lowest BCUT2D eigenvalue weighted by Gasteiger charge is -2.42. The highest BCUT2D eigenvalue weighted by molar-refractivity contribution is 7.32. The van der Waals surface area contributed by atoms with E-state index in [-0.39, 0.29) is 44.8 Å². The molecule has 5 heteroatoms. The molecule has 0 saturated heterocycles. The SMILES string of the molecule is CC(C)(C)c1ccc(N2B3c4sc5ccc(C(C)(C)C)cc5c4-n4c5cc6c(cc5c5c7c(c(c3c54)-c3cc4c(cc32)oc2cc3c(cc24)C(C)(C)CCC3(C)C)-c2ccccc2C7(C)C)C(C)(C)CCC6(C)C)cc1. The topological polar surface area (TPSA) is 21.3 Å². The van der Waals surface area contributed by atoms with Crippen LogP contribution in [0.3, 0.4) is 0 Å². The van der Waals surface area contributed by atoms with Crippen LogP contribution < -0.4 is 15.1 Å². The van der Waals surface area contributed by atoms with Gasteiger partial charge in [0.25, 0.3) is 0 Å². The van der Waals surface area contributed by atoms with Crippen LogP contribution in [0.15, 0.2) is 108 Å². The van der Waals surface area contributed by atoms with E-state index in [1.807, 2.05) is 11.3 Å². The highest BCUT2D eigenvalue weighted by Gasteiger charge is 2.52. The fourth-order valence-corrected chi connectivity index (χ4v) is 16.9. The molecule has 0 spiro atoms. The highest BCUT2D eigenvalue weighted by Crippen LogP contribution is 2.61. The fourth-order valence-electron chi connectivity index (χ4n) is 15.6. The predicted molar refractivity (Wildman–Crippen MR) is 328 cm³/mol. The van der Waals surface area contributed by atoms with Crippen molar-refractivity contribution in [2.24, 2.45) is 0 Å². The smallest absolute Gasteiger partial charge is 0.343 e. The average Bonchev–Trinajstić information content (AvgIpc) is 4.11.